The summed E-state index contributed by atoms with van der Waals surface area (Å²) in [6.45, 7) is -0.187. The topological polar surface area (TPSA) is 81.7 Å². The van der Waals surface area contributed by atoms with E-state index in [1.807, 2.05) is 4.72 Å². The summed E-state index contributed by atoms with van der Waals surface area (Å²) in [5.41, 5.74) is 0. The van der Waals surface area contributed by atoms with E-state index in [2.05, 4.69) is 4.74 Å². The van der Waals surface area contributed by atoms with Crippen LogP contribution in [0.25, 0.3) is 0 Å². The van der Waals surface area contributed by atoms with Crippen molar-refractivity contribution in [1.82, 2.24) is 4.72 Å². The Labute approximate surface area is 127 Å². The van der Waals surface area contributed by atoms with Gasteiger partial charge in [-0.25, -0.2) is 17.6 Å². The maximum absolute atomic E-state index is 13.3. The molecule has 0 spiro atoms. The van der Waals surface area contributed by atoms with Crippen LogP contribution in [0.15, 0.2) is 29.2 Å². The van der Waals surface area contributed by atoms with E-state index >= 15 is 0 Å². The van der Waals surface area contributed by atoms with E-state index in [1.54, 1.807) is 24.3 Å². The number of benzene rings is 1. The Balaban J connectivity index is 2.42. The summed E-state index contributed by atoms with van der Waals surface area (Å²) in [6.07, 6.45) is -0.752. The fraction of sp³-hybridized carbons (Fsp3) is 0.417. The van der Waals surface area contributed by atoms with Crippen LogP contribution >= 0.6 is 11.8 Å². The summed E-state index contributed by atoms with van der Waals surface area (Å²) in [7, 11) is -2.29. The van der Waals surface area contributed by atoms with Crippen molar-refractivity contribution in [3.63, 3.8) is 0 Å². The lowest BCUT2D eigenvalue weighted by Gasteiger charge is -2.09. The first-order valence-corrected chi connectivity index (χ1v) is 8.71. The van der Waals surface area contributed by atoms with Gasteiger partial charge in [-0.05, 0) is 24.3 Å². The first kappa shape index (κ1) is 17.7. The average molecular weight is 337 g/mol. The van der Waals surface area contributed by atoms with Crippen molar-refractivity contribution in [3.05, 3.63) is 24.3 Å². The molecule has 0 heterocycles. The van der Waals surface area contributed by atoms with Gasteiger partial charge in [-0.2, -0.15) is 4.72 Å². The van der Waals surface area contributed by atoms with Crippen LogP contribution in [0.3, 0.4) is 0 Å². The van der Waals surface area contributed by atoms with E-state index in [-0.39, 0.29) is 12.4 Å². The van der Waals surface area contributed by atoms with Gasteiger partial charge in [-0.3, -0.25) is 0 Å². The van der Waals surface area contributed by atoms with Crippen molar-refractivity contribution in [2.75, 3.05) is 25.7 Å². The Morgan fingerprint density at radius 2 is 2.00 bits per heavy atom. The highest BCUT2D eigenvalue weighted by Gasteiger charge is 2.12. The molecule has 1 aromatic rings. The second kappa shape index (κ2) is 8.20. The van der Waals surface area contributed by atoms with Gasteiger partial charge >= 0.3 is 5.97 Å². The lowest BCUT2D eigenvalue weighted by molar-refractivity contribution is -0.142. The third kappa shape index (κ3) is 7.88. The fourth-order valence-corrected chi connectivity index (χ4v) is 2.67. The second-order valence-corrected chi connectivity index (χ2v) is 6.88. The van der Waals surface area contributed by atoms with E-state index < -0.39 is 22.3 Å². The molecule has 6 nitrogen and oxygen atoms in total. The zero-order valence-corrected chi connectivity index (χ0v) is 13.2. The first-order chi connectivity index (χ1) is 9.80. The van der Waals surface area contributed by atoms with Gasteiger partial charge in [0.1, 0.15) is 5.75 Å². The highest BCUT2D eigenvalue weighted by Crippen LogP contribution is 2.22. The molecule has 0 aliphatic rings. The van der Waals surface area contributed by atoms with Crippen LogP contribution < -0.4 is 9.46 Å². The maximum atomic E-state index is 13.3. The quantitative estimate of drug-likeness (QED) is 0.436. The number of carbonyl (C=O) groups excluding carboxylic acids is 1. The predicted octanol–water partition coefficient (Wildman–Crippen LogP) is 1.18. The molecule has 118 valence electrons. The number of methoxy groups -OCH3 is 1. The van der Waals surface area contributed by atoms with Gasteiger partial charge in [-0.1, -0.05) is 0 Å². The van der Waals surface area contributed by atoms with Crippen molar-refractivity contribution in [3.8, 4) is 5.75 Å². The molecule has 0 aliphatic carbocycles. The summed E-state index contributed by atoms with van der Waals surface area (Å²) in [5, 5.41) is 0. The summed E-state index contributed by atoms with van der Waals surface area (Å²) in [4.78, 5) is 11.6. The van der Waals surface area contributed by atoms with E-state index in [9.17, 15) is 17.6 Å². The number of hydrogen-bond donors (Lipinski definition) is 1. The lowest BCUT2D eigenvalue weighted by atomic mass is 10.3. The number of ether oxygens (including phenoxy) is 2. The van der Waals surface area contributed by atoms with Gasteiger partial charge in [0.15, 0.2) is 12.9 Å². The van der Waals surface area contributed by atoms with Crippen LogP contribution in [0.5, 0.6) is 5.75 Å². The minimum Gasteiger partial charge on any atom is -0.482 e. The molecule has 0 aliphatic heterocycles. The number of sulfonamides is 1. The van der Waals surface area contributed by atoms with Crippen molar-refractivity contribution in [1.29, 1.82) is 0 Å². The van der Waals surface area contributed by atoms with Crippen molar-refractivity contribution < 1.29 is 27.1 Å². The van der Waals surface area contributed by atoms with Gasteiger partial charge in [0.2, 0.25) is 10.0 Å². The molecule has 0 fully saturated rings. The Morgan fingerprint density at radius 3 is 2.52 bits per heavy atom. The average Bonchev–Trinajstić information content (AvgIpc) is 2.41. The maximum Gasteiger partial charge on any atom is 0.343 e. The Bertz CT molecular complexity index is 562. The summed E-state index contributed by atoms with van der Waals surface area (Å²) >= 11 is 1.16. The van der Waals surface area contributed by atoms with Gasteiger partial charge in [0.05, 0.1) is 13.4 Å². The van der Waals surface area contributed by atoms with E-state index in [4.69, 9.17) is 4.74 Å². The number of hydrogen-bond acceptors (Lipinski definition) is 6. The zero-order chi connectivity index (χ0) is 15.9. The van der Waals surface area contributed by atoms with Crippen LogP contribution in [0, 0.1) is 0 Å². The molecule has 1 unspecified atom stereocenters. The van der Waals surface area contributed by atoms with Crippen molar-refractivity contribution in [2.24, 2.45) is 0 Å². The molecule has 0 saturated heterocycles. The number of rotatable bonds is 8. The summed E-state index contributed by atoms with van der Waals surface area (Å²) in [5.74, 6) is -0.0495. The molecule has 1 N–H and O–H groups in total. The van der Waals surface area contributed by atoms with E-state index in [0.29, 0.717) is 5.75 Å². The molecule has 9 heteroatoms. The molecule has 0 aromatic heterocycles. The minimum absolute atomic E-state index is 0.0462. The largest absolute Gasteiger partial charge is 0.482 e. The molecule has 0 bridgehead atoms. The number of esters is 1. The highest BCUT2D eigenvalue weighted by atomic mass is 32.2. The van der Waals surface area contributed by atoms with E-state index in [0.717, 1.165) is 22.9 Å². The van der Waals surface area contributed by atoms with Crippen LogP contribution in [-0.4, -0.2) is 46.4 Å². The molecule has 0 amide bonds. The SMILES string of the molecule is COC(=O)COc1ccc(SCC(F)NS(C)(=O)=O)cc1. The van der Waals surface area contributed by atoms with Crippen LogP contribution in [0.4, 0.5) is 4.39 Å². The molecule has 0 saturated carbocycles. The standard InChI is InChI=1S/C12H16FNO5S2/c1-18-12(15)7-19-9-3-5-10(6-4-9)20-8-11(13)14-21(2,16)17/h3-6,11,14H,7-8H2,1-2H3. The third-order valence-electron chi connectivity index (χ3n) is 2.15. The van der Waals surface area contributed by atoms with Crippen molar-refractivity contribution in [2.45, 2.75) is 11.2 Å². The smallest absolute Gasteiger partial charge is 0.343 e. The zero-order valence-electron chi connectivity index (χ0n) is 11.5. The van der Waals surface area contributed by atoms with E-state index in [1.165, 1.54) is 7.11 Å². The lowest BCUT2D eigenvalue weighted by Crippen LogP contribution is -2.32. The van der Waals surface area contributed by atoms with Gasteiger partial charge < -0.3 is 9.47 Å². The van der Waals surface area contributed by atoms with Gasteiger partial charge in [-0.15, -0.1) is 11.8 Å². The molecule has 0 radical (unpaired) electrons. The van der Waals surface area contributed by atoms with Crippen LogP contribution in [0.2, 0.25) is 0 Å². The number of halogens is 1. The number of thioether (sulfide) groups is 1. The van der Waals surface area contributed by atoms with Gasteiger partial charge in [0, 0.05) is 10.6 Å². The molecule has 1 aromatic carbocycles. The number of alkyl halides is 1. The Hall–Kier alpha value is -1.32. The van der Waals surface area contributed by atoms with Crippen molar-refractivity contribution >= 4 is 27.8 Å². The monoisotopic (exact) mass is 337 g/mol. The summed E-state index contributed by atoms with van der Waals surface area (Å²) < 4.78 is 46.4. The Morgan fingerprint density at radius 1 is 1.38 bits per heavy atom. The molecule has 21 heavy (non-hydrogen) atoms. The minimum atomic E-state index is -3.55. The molecular weight excluding hydrogens is 321 g/mol. The van der Waals surface area contributed by atoms with Gasteiger partial charge in [0.25, 0.3) is 0 Å². The fourth-order valence-electron chi connectivity index (χ4n) is 1.27. The predicted molar refractivity (Wildman–Crippen MR) is 77.6 cm³/mol. The molecule has 1 atom stereocenters. The second-order valence-electron chi connectivity index (χ2n) is 4.00. The Kier molecular flexibility index (Phi) is 6.93. The number of nitrogens with one attached hydrogen (secondary N) is 1. The first-order valence-electron chi connectivity index (χ1n) is 5.84. The normalized spacial score (nSPS) is 12.7. The van der Waals surface area contributed by atoms with Crippen LogP contribution in [-0.2, 0) is 19.6 Å². The highest BCUT2D eigenvalue weighted by molar-refractivity contribution is 7.99. The third-order valence-corrected chi connectivity index (χ3v) is 3.90. The van der Waals surface area contributed by atoms with Crippen LogP contribution in [0.1, 0.15) is 0 Å². The summed E-state index contributed by atoms with van der Waals surface area (Å²) in [6, 6.07) is 6.62. The molecular formula is C12H16FNO5S2. The molecule has 1 rings (SSSR count). The number of carbonyl (C=O) groups is 1.